The fourth-order valence-corrected chi connectivity index (χ4v) is 3.25. The maximum absolute atomic E-state index is 4.69. The van der Waals surface area contributed by atoms with Crippen LogP contribution in [0.1, 0.15) is 25.5 Å². The zero-order valence-electron chi connectivity index (χ0n) is 9.56. The van der Waals surface area contributed by atoms with Gasteiger partial charge in [0.2, 0.25) is 0 Å². The zero-order valence-corrected chi connectivity index (χ0v) is 11.2. The molecule has 16 heavy (non-hydrogen) atoms. The van der Waals surface area contributed by atoms with Crippen molar-refractivity contribution in [1.29, 1.82) is 0 Å². The van der Waals surface area contributed by atoms with E-state index >= 15 is 0 Å². The lowest BCUT2D eigenvalue weighted by Gasteiger charge is -2.07. The normalized spacial score (nSPS) is 12.9. The Labute approximate surface area is 104 Å². The summed E-state index contributed by atoms with van der Waals surface area (Å²) in [5, 5.41) is 8.78. The SMILES string of the molecule is CCNCC(C)c1csc(-c2cccs2)n1. The number of nitrogens with zero attached hydrogens (tertiary/aromatic N) is 1. The van der Waals surface area contributed by atoms with E-state index in [-0.39, 0.29) is 0 Å². The molecule has 0 aliphatic rings. The van der Waals surface area contributed by atoms with Gasteiger partial charge >= 0.3 is 0 Å². The Morgan fingerprint density at radius 2 is 2.31 bits per heavy atom. The highest BCUT2D eigenvalue weighted by atomic mass is 32.1. The fraction of sp³-hybridized carbons (Fsp3) is 0.417. The van der Waals surface area contributed by atoms with E-state index < -0.39 is 0 Å². The Bertz CT molecular complexity index is 420. The predicted octanol–water partition coefficient (Wildman–Crippen LogP) is 3.58. The van der Waals surface area contributed by atoms with Gasteiger partial charge in [-0.3, -0.25) is 0 Å². The average Bonchev–Trinajstić information content (AvgIpc) is 2.94. The molecule has 2 nitrogen and oxygen atoms in total. The largest absolute Gasteiger partial charge is 0.316 e. The summed E-state index contributed by atoms with van der Waals surface area (Å²) in [6.45, 7) is 6.37. The quantitative estimate of drug-likeness (QED) is 0.879. The lowest BCUT2D eigenvalue weighted by molar-refractivity contribution is 0.626. The summed E-state index contributed by atoms with van der Waals surface area (Å²) in [4.78, 5) is 5.96. The van der Waals surface area contributed by atoms with Crippen LogP contribution in [0.2, 0.25) is 0 Å². The first-order chi connectivity index (χ1) is 7.81. The molecule has 0 spiro atoms. The summed E-state index contributed by atoms with van der Waals surface area (Å²) in [5.41, 5.74) is 1.20. The molecule has 4 heteroatoms. The number of nitrogens with one attached hydrogen (secondary N) is 1. The van der Waals surface area contributed by atoms with Crippen LogP contribution in [0.5, 0.6) is 0 Å². The molecule has 0 radical (unpaired) electrons. The van der Waals surface area contributed by atoms with Gasteiger partial charge in [0.25, 0.3) is 0 Å². The highest BCUT2D eigenvalue weighted by Gasteiger charge is 2.10. The molecule has 1 unspecified atom stereocenters. The van der Waals surface area contributed by atoms with Crippen LogP contribution in [0.25, 0.3) is 9.88 Å². The number of thiophene rings is 1. The molecule has 0 aliphatic carbocycles. The number of hydrogen-bond acceptors (Lipinski definition) is 4. The van der Waals surface area contributed by atoms with E-state index in [1.807, 2.05) is 0 Å². The van der Waals surface area contributed by atoms with Crippen molar-refractivity contribution in [3.05, 3.63) is 28.6 Å². The Balaban J connectivity index is 2.07. The van der Waals surface area contributed by atoms with Gasteiger partial charge in [-0.15, -0.1) is 22.7 Å². The van der Waals surface area contributed by atoms with Crippen molar-refractivity contribution in [2.75, 3.05) is 13.1 Å². The molecule has 2 rings (SSSR count). The van der Waals surface area contributed by atoms with Crippen LogP contribution in [0.15, 0.2) is 22.9 Å². The molecule has 0 saturated heterocycles. The van der Waals surface area contributed by atoms with Crippen LogP contribution in [-0.4, -0.2) is 18.1 Å². The van der Waals surface area contributed by atoms with E-state index in [9.17, 15) is 0 Å². The molecule has 0 bridgehead atoms. The first-order valence-corrected chi connectivity index (χ1v) is 7.27. The second kappa shape index (κ2) is 5.57. The maximum Gasteiger partial charge on any atom is 0.133 e. The minimum atomic E-state index is 0.491. The summed E-state index contributed by atoms with van der Waals surface area (Å²) in [7, 11) is 0. The van der Waals surface area contributed by atoms with Gasteiger partial charge in [0, 0.05) is 17.8 Å². The smallest absolute Gasteiger partial charge is 0.133 e. The maximum atomic E-state index is 4.69. The van der Waals surface area contributed by atoms with Crippen LogP contribution in [-0.2, 0) is 0 Å². The van der Waals surface area contributed by atoms with Gasteiger partial charge in [0.05, 0.1) is 10.6 Å². The Hall–Kier alpha value is -0.710. The predicted molar refractivity (Wildman–Crippen MR) is 72.4 cm³/mol. The van der Waals surface area contributed by atoms with E-state index in [4.69, 9.17) is 4.98 Å². The van der Waals surface area contributed by atoms with Gasteiger partial charge < -0.3 is 5.32 Å². The number of thiazole rings is 1. The molecular formula is C12H16N2S2. The van der Waals surface area contributed by atoms with E-state index in [1.165, 1.54) is 10.6 Å². The summed E-state index contributed by atoms with van der Waals surface area (Å²) >= 11 is 3.49. The molecule has 0 fully saturated rings. The highest BCUT2D eigenvalue weighted by Crippen LogP contribution is 2.29. The molecule has 0 amide bonds. The van der Waals surface area contributed by atoms with E-state index in [1.54, 1.807) is 22.7 Å². The molecular weight excluding hydrogens is 236 g/mol. The third-order valence-corrected chi connectivity index (χ3v) is 4.36. The molecule has 1 N–H and O–H groups in total. The lowest BCUT2D eigenvalue weighted by Crippen LogP contribution is -2.19. The standard InChI is InChI=1S/C12H16N2S2/c1-3-13-7-9(2)10-8-16-12(14-10)11-5-4-6-15-11/h4-6,8-9,13H,3,7H2,1-2H3. The first-order valence-electron chi connectivity index (χ1n) is 5.51. The highest BCUT2D eigenvalue weighted by molar-refractivity contribution is 7.20. The summed E-state index contributed by atoms with van der Waals surface area (Å²) in [6.07, 6.45) is 0. The molecule has 2 aromatic rings. The molecule has 86 valence electrons. The van der Waals surface area contributed by atoms with Crippen molar-refractivity contribution < 1.29 is 0 Å². The molecule has 0 aliphatic heterocycles. The molecule has 2 heterocycles. The van der Waals surface area contributed by atoms with Crippen molar-refractivity contribution >= 4 is 22.7 Å². The van der Waals surface area contributed by atoms with Crippen molar-refractivity contribution in [3.63, 3.8) is 0 Å². The summed E-state index contributed by atoms with van der Waals surface area (Å²) < 4.78 is 0. The van der Waals surface area contributed by atoms with Crippen molar-refractivity contribution in [1.82, 2.24) is 10.3 Å². The minimum Gasteiger partial charge on any atom is -0.316 e. The summed E-state index contributed by atoms with van der Waals surface area (Å²) in [5.74, 6) is 0.491. The van der Waals surface area contributed by atoms with Gasteiger partial charge in [-0.1, -0.05) is 19.9 Å². The number of hydrogen-bond donors (Lipinski definition) is 1. The van der Waals surface area contributed by atoms with Crippen LogP contribution >= 0.6 is 22.7 Å². The molecule has 0 saturated carbocycles. The third kappa shape index (κ3) is 2.70. The van der Waals surface area contributed by atoms with Crippen molar-refractivity contribution in [2.45, 2.75) is 19.8 Å². The third-order valence-electron chi connectivity index (χ3n) is 2.46. The molecule has 0 aromatic carbocycles. The van der Waals surface area contributed by atoms with Gasteiger partial charge in [-0.25, -0.2) is 4.98 Å². The molecule has 1 atom stereocenters. The summed E-state index contributed by atoms with van der Waals surface area (Å²) in [6, 6.07) is 4.20. The van der Waals surface area contributed by atoms with Gasteiger partial charge in [0.1, 0.15) is 5.01 Å². The Morgan fingerprint density at radius 3 is 3.00 bits per heavy atom. The van der Waals surface area contributed by atoms with Gasteiger partial charge in [-0.2, -0.15) is 0 Å². The fourth-order valence-electron chi connectivity index (χ4n) is 1.49. The van der Waals surface area contributed by atoms with Crippen LogP contribution in [0, 0.1) is 0 Å². The monoisotopic (exact) mass is 252 g/mol. The second-order valence-electron chi connectivity index (χ2n) is 3.76. The van der Waals surface area contributed by atoms with Crippen molar-refractivity contribution in [2.24, 2.45) is 0 Å². The van der Waals surface area contributed by atoms with Gasteiger partial charge in [-0.05, 0) is 18.0 Å². The second-order valence-corrected chi connectivity index (χ2v) is 5.57. The Kier molecular flexibility index (Phi) is 4.09. The first kappa shape index (κ1) is 11.8. The van der Waals surface area contributed by atoms with Crippen molar-refractivity contribution in [3.8, 4) is 9.88 Å². The van der Waals surface area contributed by atoms with E-state index in [2.05, 4.69) is 42.1 Å². The van der Waals surface area contributed by atoms with E-state index in [0.717, 1.165) is 18.1 Å². The Morgan fingerprint density at radius 1 is 1.44 bits per heavy atom. The van der Waals surface area contributed by atoms with Crippen LogP contribution < -0.4 is 5.32 Å². The topological polar surface area (TPSA) is 24.9 Å². The number of rotatable bonds is 5. The van der Waals surface area contributed by atoms with E-state index in [0.29, 0.717) is 5.92 Å². The number of likely N-dealkylation sites (N-methyl/N-ethyl adjacent to an activating group) is 1. The lowest BCUT2D eigenvalue weighted by atomic mass is 10.1. The zero-order chi connectivity index (χ0) is 11.4. The van der Waals surface area contributed by atoms with Crippen LogP contribution in [0.3, 0.4) is 0 Å². The molecule has 2 aromatic heterocycles. The number of aromatic nitrogens is 1. The minimum absolute atomic E-state index is 0.491. The van der Waals surface area contributed by atoms with Crippen LogP contribution in [0.4, 0.5) is 0 Å². The average molecular weight is 252 g/mol. The van der Waals surface area contributed by atoms with Gasteiger partial charge in [0.15, 0.2) is 0 Å².